The molecule has 1 aromatic carbocycles. The van der Waals surface area contributed by atoms with E-state index < -0.39 is 0 Å². The lowest BCUT2D eigenvalue weighted by atomic mass is 10.1. The normalized spacial score (nSPS) is 26.1. The molecule has 2 atom stereocenters. The molecule has 4 nitrogen and oxygen atoms in total. The summed E-state index contributed by atoms with van der Waals surface area (Å²) in [5.74, 6) is 0. The molecule has 2 saturated heterocycles. The van der Waals surface area contributed by atoms with E-state index in [1.807, 2.05) is 24.3 Å². The summed E-state index contributed by atoms with van der Waals surface area (Å²) in [7, 11) is 0. The lowest BCUT2D eigenvalue weighted by Crippen LogP contribution is -2.49. The summed E-state index contributed by atoms with van der Waals surface area (Å²) >= 11 is 0. The molecule has 0 saturated carbocycles. The zero-order valence-electron chi connectivity index (χ0n) is 11.7. The van der Waals surface area contributed by atoms with Crippen LogP contribution < -0.4 is 5.32 Å². The van der Waals surface area contributed by atoms with Crippen LogP contribution >= 0.6 is 0 Å². The van der Waals surface area contributed by atoms with Gasteiger partial charge in [-0.1, -0.05) is 12.1 Å². The summed E-state index contributed by atoms with van der Waals surface area (Å²) in [4.78, 5) is 2.56. The zero-order valence-corrected chi connectivity index (χ0v) is 11.7. The van der Waals surface area contributed by atoms with Crippen molar-refractivity contribution in [1.29, 1.82) is 5.26 Å². The van der Waals surface area contributed by atoms with Crippen LogP contribution in [-0.4, -0.2) is 43.3 Å². The number of hydrogen-bond donors (Lipinski definition) is 1. The standard InChI is InChI=1S/C16H21N3O/c17-8-13-3-1-4-14(7-13)9-18-10-16-11-19-6-2-5-15(19)12-20-16/h1,3-4,7,15-16,18H,2,5-6,9-12H2. The highest BCUT2D eigenvalue weighted by molar-refractivity contribution is 5.32. The highest BCUT2D eigenvalue weighted by atomic mass is 16.5. The van der Waals surface area contributed by atoms with Gasteiger partial charge in [-0.2, -0.15) is 5.26 Å². The Balaban J connectivity index is 1.44. The van der Waals surface area contributed by atoms with E-state index in [4.69, 9.17) is 10.00 Å². The van der Waals surface area contributed by atoms with Crippen LogP contribution in [0.3, 0.4) is 0 Å². The predicted molar refractivity (Wildman–Crippen MR) is 77.2 cm³/mol. The Kier molecular flexibility index (Phi) is 4.31. The minimum Gasteiger partial charge on any atom is -0.374 e. The number of ether oxygens (including phenoxy) is 1. The molecule has 0 spiro atoms. The molecule has 1 N–H and O–H groups in total. The average Bonchev–Trinajstić information content (AvgIpc) is 2.95. The van der Waals surface area contributed by atoms with Crippen molar-refractivity contribution in [1.82, 2.24) is 10.2 Å². The van der Waals surface area contributed by atoms with Gasteiger partial charge in [0.2, 0.25) is 0 Å². The number of benzene rings is 1. The molecule has 2 aliphatic heterocycles. The highest BCUT2D eigenvalue weighted by Crippen LogP contribution is 2.22. The van der Waals surface area contributed by atoms with E-state index >= 15 is 0 Å². The van der Waals surface area contributed by atoms with Crippen molar-refractivity contribution < 1.29 is 4.74 Å². The topological polar surface area (TPSA) is 48.3 Å². The number of nitriles is 1. The van der Waals surface area contributed by atoms with E-state index in [0.29, 0.717) is 12.1 Å². The summed E-state index contributed by atoms with van der Waals surface area (Å²) < 4.78 is 5.92. The second kappa shape index (κ2) is 6.36. The molecule has 106 valence electrons. The monoisotopic (exact) mass is 271 g/mol. The first-order valence-corrected chi connectivity index (χ1v) is 7.40. The molecule has 2 unspecified atom stereocenters. The first-order chi connectivity index (χ1) is 9.85. The van der Waals surface area contributed by atoms with Crippen LogP contribution in [0.4, 0.5) is 0 Å². The number of nitrogens with one attached hydrogen (secondary N) is 1. The Hall–Kier alpha value is -1.41. The molecule has 2 fully saturated rings. The van der Waals surface area contributed by atoms with E-state index in [2.05, 4.69) is 16.3 Å². The number of morpholine rings is 1. The largest absolute Gasteiger partial charge is 0.374 e. The summed E-state index contributed by atoms with van der Waals surface area (Å²) in [5, 5.41) is 12.3. The van der Waals surface area contributed by atoms with Crippen molar-refractivity contribution in [3.8, 4) is 6.07 Å². The zero-order chi connectivity index (χ0) is 13.8. The first kappa shape index (κ1) is 13.6. The van der Waals surface area contributed by atoms with Crippen molar-refractivity contribution in [3.05, 3.63) is 35.4 Å². The Morgan fingerprint density at radius 2 is 2.40 bits per heavy atom. The van der Waals surface area contributed by atoms with Crippen LogP contribution in [0.5, 0.6) is 0 Å². The summed E-state index contributed by atoms with van der Waals surface area (Å²) in [5.41, 5.74) is 1.87. The molecule has 0 bridgehead atoms. The van der Waals surface area contributed by atoms with E-state index in [1.54, 1.807) is 0 Å². The van der Waals surface area contributed by atoms with E-state index in [1.165, 1.54) is 19.4 Å². The van der Waals surface area contributed by atoms with Crippen molar-refractivity contribution in [2.24, 2.45) is 0 Å². The van der Waals surface area contributed by atoms with Crippen LogP contribution in [0.2, 0.25) is 0 Å². The quantitative estimate of drug-likeness (QED) is 0.902. The smallest absolute Gasteiger partial charge is 0.0991 e. The first-order valence-electron chi connectivity index (χ1n) is 7.40. The van der Waals surface area contributed by atoms with Crippen molar-refractivity contribution in [2.45, 2.75) is 31.5 Å². The van der Waals surface area contributed by atoms with Crippen molar-refractivity contribution in [2.75, 3.05) is 26.2 Å². The van der Waals surface area contributed by atoms with Gasteiger partial charge in [-0.3, -0.25) is 4.90 Å². The van der Waals surface area contributed by atoms with Gasteiger partial charge in [-0.05, 0) is 37.1 Å². The molecule has 20 heavy (non-hydrogen) atoms. The lowest BCUT2D eigenvalue weighted by Gasteiger charge is -2.35. The maximum Gasteiger partial charge on any atom is 0.0991 e. The maximum atomic E-state index is 8.88. The molecule has 2 heterocycles. The van der Waals surface area contributed by atoms with Gasteiger partial charge < -0.3 is 10.1 Å². The van der Waals surface area contributed by atoms with Gasteiger partial charge in [-0.15, -0.1) is 0 Å². The number of nitrogens with zero attached hydrogens (tertiary/aromatic N) is 2. The number of fused-ring (bicyclic) bond motifs is 1. The lowest BCUT2D eigenvalue weighted by molar-refractivity contribution is -0.0470. The Morgan fingerprint density at radius 3 is 3.30 bits per heavy atom. The fourth-order valence-corrected chi connectivity index (χ4v) is 3.14. The Labute approximate surface area is 120 Å². The predicted octanol–water partition coefficient (Wildman–Crippen LogP) is 1.51. The fraction of sp³-hybridized carbons (Fsp3) is 0.562. The average molecular weight is 271 g/mol. The fourth-order valence-electron chi connectivity index (χ4n) is 3.14. The second-order valence-electron chi connectivity index (χ2n) is 5.69. The minimum absolute atomic E-state index is 0.295. The van der Waals surface area contributed by atoms with Gasteiger partial charge in [0.05, 0.1) is 24.3 Å². The van der Waals surface area contributed by atoms with Crippen LogP contribution in [0, 0.1) is 11.3 Å². The van der Waals surface area contributed by atoms with Gasteiger partial charge in [0, 0.05) is 25.7 Å². The third kappa shape index (κ3) is 3.18. The molecule has 0 aromatic heterocycles. The van der Waals surface area contributed by atoms with E-state index in [0.717, 1.165) is 37.4 Å². The third-order valence-electron chi connectivity index (χ3n) is 4.22. The van der Waals surface area contributed by atoms with Crippen molar-refractivity contribution in [3.63, 3.8) is 0 Å². The molecule has 1 aromatic rings. The summed E-state index contributed by atoms with van der Waals surface area (Å²) in [6.07, 6.45) is 2.90. The van der Waals surface area contributed by atoms with Crippen LogP contribution in [-0.2, 0) is 11.3 Å². The highest BCUT2D eigenvalue weighted by Gasteiger charge is 2.31. The van der Waals surface area contributed by atoms with Crippen molar-refractivity contribution >= 4 is 0 Å². The molecule has 3 rings (SSSR count). The Bertz CT molecular complexity index is 497. The van der Waals surface area contributed by atoms with Gasteiger partial charge in [0.25, 0.3) is 0 Å². The molecule has 2 aliphatic rings. The van der Waals surface area contributed by atoms with Crippen LogP contribution in [0.1, 0.15) is 24.0 Å². The minimum atomic E-state index is 0.295. The van der Waals surface area contributed by atoms with Gasteiger partial charge in [0.15, 0.2) is 0 Å². The van der Waals surface area contributed by atoms with Gasteiger partial charge >= 0.3 is 0 Å². The molecular weight excluding hydrogens is 250 g/mol. The molecule has 0 amide bonds. The number of hydrogen-bond acceptors (Lipinski definition) is 4. The third-order valence-corrected chi connectivity index (χ3v) is 4.22. The number of rotatable bonds is 4. The summed E-state index contributed by atoms with van der Waals surface area (Å²) in [6.45, 7) is 4.83. The van der Waals surface area contributed by atoms with Crippen LogP contribution in [0.25, 0.3) is 0 Å². The molecule has 4 heteroatoms. The van der Waals surface area contributed by atoms with Gasteiger partial charge in [0.1, 0.15) is 0 Å². The molecule has 0 aliphatic carbocycles. The van der Waals surface area contributed by atoms with E-state index in [-0.39, 0.29) is 0 Å². The van der Waals surface area contributed by atoms with E-state index in [9.17, 15) is 0 Å². The SMILES string of the molecule is N#Cc1cccc(CNCC2CN3CCCC3CO2)c1. The summed E-state index contributed by atoms with van der Waals surface area (Å²) in [6, 6.07) is 10.6. The molecule has 0 radical (unpaired) electrons. The second-order valence-corrected chi connectivity index (χ2v) is 5.69. The van der Waals surface area contributed by atoms with Gasteiger partial charge in [-0.25, -0.2) is 0 Å². The Morgan fingerprint density at radius 1 is 1.45 bits per heavy atom. The van der Waals surface area contributed by atoms with Crippen LogP contribution in [0.15, 0.2) is 24.3 Å². The maximum absolute atomic E-state index is 8.88. The molecular formula is C16H21N3O.